The highest BCUT2D eigenvalue weighted by Crippen LogP contribution is 2.20. The fraction of sp³-hybridized carbons (Fsp3) is 0.370. The van der Waals surface area contributed by atoms with Crippen LogP contribution in [0.3, 0.4) is 0 Å². The SMILES string of the molecule is CCOC(=O)CCNC(=O)Cn1c(C)ccc(NCc2ccc3c(n2)NCCC3)c1=O.c1ccncc1. The Morgan fingerprint density at radius 2 is 1.95 bits per heavy atom. The topological polar surface area (TPSA) is 127 Å². The predicted molar refractivity (Wildman–Crippen MR) is 142 cm³/mol. The molecule has 10 nitrogen and oxygen atoms in total. The number of anilines is 2. The monoisotopic (exact) mass is 506 g/mol. The fourth-order valence-electron chi connectivity index (χ4n) is 3.70. The molecule has 0 aromatic carbocycles. The van der Waals surface area contributed by atoms with E-state index in [4.69, 9.17) is 4.74 Å². The molecule has 0 fully saturated rings. The normalized spacial score (nSPS) is 11.7. The van der Waals surface area contributed by atoms with Crippen LogP contribution in [-0.4, -0.2) is 46.1 Å². The molecule has 0 unspecified atom stereocenters. The third kappa shape index (κ3) is 8.75. The number of aromatic nitrogens is 3. The molecule has 1 amide bonds. The van der Waals surface area contributed by atoms with Gasteiger partial charge in [-0.15, -0.1) is 0 Å². The zero-order chi connectivity index (χ0) is 26.5. The van der Waals surface area contributed by atoms with E-state index in [2.05, 4.69) is 32.0 Å². The molecule has 0 aliphatic carbocycles. The van der Waals surface area contributed by atoms with Crippen molar-refractivity contribution in [1.82, 2.24) is 19.9 Å². The van der Waals surface area contributed by atoms with Crippen LogP contribution in [0.25, 0.3) is 0 Å². The summed E-state index contributed by atoms with van der Waals surface area (Å²) in [6.07, 6.45) is 5.72. The number of nitrogens with zero attached hydrogens (tertiary/aromatic N) is 3. The van der Waals surface area contributed by atoms with Gasteiger partial charge >= 0.3 is 5.97 Å². The number of amides is 1. The molecule has 3 aromatic rings. The van der Waals surface area contributed by atoms with Crippen LogP contribution >= 0.6 is 0 Å². The summed E-state index contributed by atoms with van der Waals surface area (Å²) < 4.78 is 6.23. The van der Waals surface area contributed by atoms with E-state index in [0.29, 0.717) is 24.5 Å². The van der Waals surface area contributed by atoms with Crippen LogP contribution in [0.5, 0.6) is 0 Å². The molecule has 0 bridgehead atoms. The molecule has 196 valence electrons. The quantitative estimate of drug-likeness (QED) is 0.378. The summed E-state index contributed by atoms with van der Waals surface area (Å²) in [4.78, 5) is 44.8. The minimum Gasteiger partial charge on any atom is -0.466 e. The summed E-state index contributed by atoms with van der Waals surface area (Å²) in [6.45, 7) is 5.17. The van der Waals surface area contributed by atoms with Crippen LogP contribution in [0.15, 0.2) is 59.7 Å². The van der Waals surface area contributed by atoms with Gasteiger partial charge in [-0.2, -0.15) is 0 Å². The zero-order valence-electron chi connectivity index (χ0n) is 21.3. The van der Waals surface area contributed by atoms with Gasteiger partial charge in [0.25, 0.3) is 5.56 Å². The van der Waals surface area contributed by atoms with Gasteiger partial charge in [0.1, 0.15) is 18.1 Å². The van der Waals surface area contributed by atoms with E-state index in [1.165, 1.54) is 10.1 Å². The minimum atomic E-state index is -0.367. The Morgan fingerprint density at radius 3 is 2.65 bits per heavy atom. The van der Waals surface area contributed by atoms with Crippen molar-refractivity contribution in [2.24, 2.45) is 0 Å². The van der Waals surface area contributed by atoms with Crippen LogP contribution in [-0.2, 0) is 33.8 Å². The summed E-state index contributed by atoms with van der Waals surface area (Å²) in [7, 11) is 0. The van der Waals surface area contributed by atoms with Crippen LogP contribution in [0.4, 0.5) is 11.5 Å². The Bertz CT molecular complexity index is 1200. The summed E-state index contributed by atoms with van der Waals surface area (Å²) in [5.41, 5.74) is 2.83. The molecule has 0 spiro atoms. The Morgan fingerprint density at radius 1 is 1.14 bits per heavy atom. The van der Waals surface area contributed by atoms with Gasteiger partial charge in [0, 0.05) is 31.2 Å². The van der Waals surface area contributed by atoms with Crippen LogP contribution in [0.1, 0.15) is 36.7 Å². The van der Waals surface area contributed by atoms with Crippen molar-refractivity contribution >= 4 is 23.4 Å². The summed E-state index contributed by atoms with van der Waals surface area (Å²) in [5, 5.41) is 9.08. The first-order valence-electron chi connectivity index (χ1n) is 12.4. The molecule has 0 atom stereocenters. The number of nitrogens with one attached hydrogen (secondary N) is 3. The highest BCUT2D eigenvalue weighted by atomic mass is 16.5. The number of hydrogen-bond acceptors (Lipinski definition) is 8. The van der Waals surface area contributed by atoms with Crippen molar-refractivity contribution in [2.45, 2.75) is 46.2 Å². The molecule has 10 heteroatoms. The molecule has 37 heavy (non-hydrogen) atoms. The highest BCUT2D eigenvalue weighted by molar-refractivity contribution is 5.77. The Kier molecular flexibility index (Phi) is 10.6. The number of esters is 1. The van der Waals surface area contributed by atoms with Crippen molar-refractivity contribution in [2.75, 3.05) is 30.3 Å². The number of ether oxygens (including phenoxy) is 1. The predicted octanol–water partition coefficient (Wildman–Crippen LogP) is 2.67. The van der Waals surface area contributed by atoms with Crippen molar-refractivity contribution in [1.29, 1.82) is 0 Å². The van der Waals surface area contributed by atoms with Gasteiger partial charge in [-0.3, -0.25) is 19.4 Å². The zero-order valence-corrected chi connectivity index (χ0v) is 21.3. The fourth-order valence-corrected chi connectivity index (χ4v) is 3.70. The van der Waals surface area contributed by atoms with Gasteiger partial charge in [-0.05, 0) is 62.6 Å². The molecule has 3 aromatic heterocycles. The van der Waals surface area contributed by atoms with E-state index in [9.17, 15) is 14.4 Å². The first-order chi connectivity index (χ1) is 18.0. The summed E-state index contributed by atoms with van der Waals surface area (Å²) >= 11 is 0. The van der Waals surface area contributed by atoms with Gasteiger partial charge in [0.2, 0.25) is 5.91 Å². The van der Waals surface area contributed by atoms with E-state index in [-0.39, 0.29) is 36.9 Å². The molecule has 4 heterocycles. The number of carbonyl (C=O) groups is 2. The second kappa shape index (κ2) is 14.4. The van der Waals surface area contributed by atoms with E-state index < -0.39 is 0 Å². The van der Waals surface area contributed by atoms with Crippen LogP contribution < -0.4 is 21.5 Å². The number of rotatable bonds is 9. The van der Waals surface area contributed by atoms with Crippen molar-refractivity contribution in [3.05, 3.63) is 82.2 Å². The number of fused-ring (bicyclic) bond motifs is 1. The standard InChI is InChI=1S/C22H29N5O4.C5H5N/c1-3-31-20(29)10-12-23-19(28)14-27-15(2)6-9-18(22(27)30)25-13-17-8-7-16-5-4-11-24-21(16)26-17;1-2-4-6-5-3-1/h6-9,25H,3-5,10-14H2,1-2H3,(H,23,28)(H,24,26);1-5H. The summed E-state index contributed by atoms with van der Waals surface area (Å²) in [5.74, 6) is 0.203. The number of pyridine rings is 3. The van der Waals surface area contributed by atoms with Crippen molar-refractivity contribution in [3.63, 3.8) is 0 Å². The van der Waals surface area contributed by atoms with E-state index >= 15 is 0 Å². The maximum atomic E-state index is 12.9. The molecular weight excluding hydrogens is 472 g/mol. The third-order valence-corrected chi connectivity index (χ3v) is 5.63. The van der Waals surface area contributed by atoms with Crippen LogP contribution in [0, 0.1) is 6.92 Å². The summed E-state index contributed by atoms with van der Waals surface area (Å²) in [6, 6.07) is 13.2. The first kappa shape index (κ1) is 27.4. The molecule has 0 radical (unpaired) electrons. The number of hydrogen-bond donors (Lipinski definition) is 3. The maximum absolute atomic E-state index is 12.9. The second-order valence-corrected chi connectivity index (χ2v) is 8.40. The van der Waals surface area contributed by atoms with Gasteiger partial charge < -0.3 is 25.3 Å². The minimum absolute atomic E-state index is 0.0949. The van der Waals surface area contributed by atoms with Crippen LogP contribution in [0.2, 0.25) is 0 Å². The lowest BCUT2D eigenvalue weighted by Gasteiger charge is -2.18. The van der Waals surface area contributed by atoms with Crippen molar-refractivity contribution in [3.8, 4) is 0 Å². The highest BCUT2D eigenvalue weighted by Gasteiger charge is 2.13. The van der Waals surface area contributed by atoms with Gasteiger partial charge in [0.15, 0.2) is 0 Å². The molecule has 1 aliphatic rings. The second-order valence-electron chi connectivity index (χ2n) is 8.40. The lowest BCUT2D eigenvalue weighted by Crippen LogP contribution is -2.35. The van der Waals surface area contributed by atoms with Gasteiger partial charge in [-0.25, -0.2) is 4.98 Å². The largest absolute Gasteiger partial charge is 0.466 e. The van der Waals surface area contributed by atoms with Gasteiger partial charge in [-0.1, -0.05) is 12.1 Å². The number of aryl methyl sites for hydroxylation is 2. The molecule has 4 rings (SSSR count). The molecule has 1 aliphatic heterocycles. The average molecular weight is 507 g/mol. The average Bonchev–Trinajstić information content (AvgIpc) is 2.92. The molecule has 0 saturated heterocycles. The van der Waals surface area contributed by atoms with Gasteiger partial charge in [0.05, 0.1) is 25.3 Å². The lowest BCUT2D eigenvalue weighted by molar-refractivity contribution is -0.143. The third-order valence-electron chi connectivity index (χ3n) is 5.63. The smallest absolute Gasteiger partial charge is 0.307 e. The molecule has 0 saturated carbocycles. The number of carbonyl (C=O) groups excluding carboxylic acids is 2. The Hall–Kier alpha value is -4.21. The Labute approximate surface area is 216 Å². The van der Waals surface area contributed by atoms with E-state index in [0.717, 1.165) is 30.9 Å². The maximum Gasteiger partial charge on any atom is 0.307 e. The molecule has 3 N–H and O–H groups in total. The first-order valence-corrected chi connectivity index (χ1v) is 12.4. The van der Waals surface area contributed by atoms with E-state index in [1.807, 2.05) is 24.3 Å². The Balaban J connectivity index is 0.000000555. The van der Waals surface area contributed by atoms with E-state index in [1.54, 1.807) is 38.4 Å². The molecular formula is C27H34N6O4. The lowest BCUT2D eigenvalue weighted by atomic mass is 10.1. The van der Waals surface area contributed by atoms with Crippen molar-refractivity contribution < 1.29 is 14.3 Å².